The molecule has 80 valence electrons. The van der Waals surface area contributed by atoms with Crippen LogP contribution in [0.25, 0.3) is 0 Å². The topological polar surface area (TPSA) is 38.0 Å². The van der Waals surface area contributed by atoms with Crippen LogP contribution in [-0.4, -0.2) is 20.5 Å². The molecule has 0 aliphatic rings. The van der Waals surface area contributed by atoms with Gasteiger partial charge in [0.05, 0.1) is 12.1 Å². The van der Waals surface area contributed by atoms with Gasteiger partial charge >= 0.3 is 0 Å². The first-order valence-electron chi connectivity index (χ1n) is 4.75. The summed E-state index contributed by atoms with van der Waals surface area (Å²) in [5.74, 6) is 0.359. The average Bonchev–Trinajstić information content (AvgIpc) is 2.26. The van der Waals surface area contributed by atoms with Crippen molar-refractivity contribution in [3.63, 3.8) is 0 Å². The van der Waals surface area contributed by atoms with Crippen LogP contribution in [0.15, 0.2) is 6.20 Å². The van der Waals surface area contributed by atoms with Gasteiger partial charge in [0.15, 0.2) is 5.15 Å². The fourth-order valence-corrected chi connectivity index (χ4v) is 1.64. The molecular formula is C10H17ClN2O. The summed E-state index contributed by atoms with van der Waals surface area (Å²) in [7, 11) is 0. The lowest BCUT2D eigenvalue weighted by atomic mass is 10.1. The third-order valence-corrected chi connectivity index (χ3v) is 2.21. The van der Waals surface area contributed by atoms with Crippen LogP contribution in [-0.2, 0) is 6.54 Å². The highest BCUT2D eigenvalue weighted by Gasteiger charge is 2.16. The highest BCUT2D eigenvalue weighted by Crippen LogP contribution is 2.23. The van der Waals surface area contributed by atoms with Gasteiger partial charge in [0.2, 0.25) is 0 Å². The highest BCUT2D eigenvalue weighted by atomic mass is 35.5. The molecular weight excluding hydrogens is 200 g/mol. The van der Waals surface area contributed by atoms with Crippen molar-refractivity contribution in [1.82, 2.24) is 9.78 Å². The van der Waals surface area contributed by atoms with Crippen molar-refractivity contribution in [1.29, 1.82) is 0 Å². The Labute approximate surface area is 89.7 Å². The number of hydrogen-bond acceptors (Lipinski definition) is 2. The van der Waals surface area contributed by atoms with Crippen LogP contribution in [0.1, 0.15) is 39.2 Å². The molecule has 4 heteroatoms. The van der Waals surface area contributed by atoms with E-state index in [9.17, 15) is 5.11 Å². The number of aromatic nitrogens is 2. The van der Waals surface area contributed by atoms with E-state index in [4.69, 9.17) is 11.6 Å². The molecule has 0 saturated heterocycles. The first kappa shape index (κ1) is 11.5. The van der Waals surface area contributed by atoms with E-state index < -0.39 is 5.60 Å². The zero-order valence-electron chi connectivity index (χ0n) is 9.08. The highest BCUT2D eigenvalue weighted by molar-refractivity contribution is 6.30. The van der Waals surface area contributed by atoms with Gasteiger partial charge in [0.1, 0.15) is 0 Å². The van der Waals surface area contributed by atoms with Gasteiger partial charge in [-0.3, -0.25) is 4.68 Å². The Morgan fingerprint density at radius 1 is 1.57 bits per heavy atom. The van der Waals surface area contributed by atoms with Crippen LogP contribution in [0.2, 0.25) is 5.15 Å². The Morgan fingerprint density at radius 2 is 2.14 bits per heavy atom. The van der Waals surface area contributed by atoms with Crippen molar-refractivity contribution in [2.24, 2.45) is 0 Å². The van der Waals surface area contributed by atoms with Crippen molar-refractivity contribution in [3.8, 4) is 0 Å². The van der Waals surface area contributed by atoms with E-state index in [-0.39, 0.29) is 0 Å². The molecule has 1 aromatic heterocycles. The summed E-state index contributed by atoms with van der Waals surface area (Å²) in [5, 5.41) is 14.3. The van der Waals surface area contributed by atoms with E-state index in [1.54, 1.807) is 18.5 Å². The fraction of sp³-hybridized carbons (Fsp3) is 0.700. The van der Waals surface area contributed by atoms with Gasteiger partial charge in [-0.15, -0.1) is 0 Å². The minimum atomic E-state index is -0.760. The van der Waals surface area contributed by atoms with Gasteiger partial charge in [-0.05, 0) is 19.8 Å². The Hall–Kier alpha value is -0.540. The van der Waals surface area contributed by atoms with Crippen LogP contribution in [0.4, 0.5) is 0 Å². The Balaban J connectivity index is 2.86. The van der Waals surface area contributed by atoms with Crippen molar-refractivity contribution < 1.29 is 5.11 Å². The lowest BCUT2D eigenvalue weighted by molar-refractivity contribution is 0.0577. The standard InChI is InChI=1S/C10H17ClN2O/c1-7(2)8-5-13(12-9(8)11)6-10(3,4)14/h5,7,14H,6H2,1-4H3. The van der Waals surface area contributed by atoms with Crippen LogP contribution >= 0.6 is 11.6 Å². The molecule has 0 aromatic carbocycles. The number of hydrogen-bond donors (Lipinski definition) is 1. The molecule has 0 radical (unpaired) electrons. The summed E-state index contributed by atoms with van der Waals surface area (Å²) in [4.78, 5) is 0. The summed E-state index contributed by atoms with van der Waals surface area (Å²) < 4.78 is 1.69. The minimum Gasteiger partial charge on any atom is -0.389 e. The Morgan fingerprint density at radius 3 is 2.50 bits per heavy atom. The predicted molar refractivity (Wildman–Crippen MR) is 57.6 cm³/mol. The summed E-state index contributed by atoms with van der Waals surface area (Å²) in [6.45, 7) is 8.09. The zero-order chi connectivity index (χ0) is 10.9. The van der Waals surface area contributed by atoms with E-state index in [0.29, 0.717) is 17.6 Å². The maximum absolute atomic E-state index is 9.61. The molecule has 1 N–H and O–H groups in total. The number of rotatable bonds is 3. The van der Waals surface area contributed by atoms with E-state index >= 15 is 0 Å². The van der Waals surface area contributed by atoms with Gasteiger partial charge in [0, 0.05) is 11.8 Å². The third-order valence-electron chi connectivity index (χ3n) is 1.91. The summed E-state index contributed by atoms with van der Waals surface area (Å²) in [6, 6.07) is 0. The van der Waals surface area contributed by atoms with E-state index in [0.717, 1.165) is 5.56 Å². The molecule has 0 bridgehead atoms. The molecule has 1 aromatic rings. The molecule has 0 atom stereocenters. The maximum Gasteiger partial charge on any atom is 0.154 e. The molecule has 14 heavy (non-hydrogen) atoms. The fourth-order valence-electron chi connectivity index (χ4n) is 1.28. The van der Waals surface area contributed by atoms with Crippen LogP contribution < -0.4 is 0 Å². The van der Waals surface area contributed by atoms with E-state index in [1.165, 1.54) is 0 Å². The van der Waals surface area contributed by atoms with Crippen LogP contribution in [0.3, 0.4) is 0 Å². The quantitative estimate of drug-likeness (QED) is 0.843. The molecule has 0 unspecified atom stereocenters. The number of aliphatic hydroxyl groups is 1. The zero-order valence-corrected chi connectivity index (χ0v) is 9.84. The first-order chi connectivity index (χ1) is 6.29. The van der Waals surface area contributed by atoms with Crippen molar-refractivity contribution in [2.75, 3.05) is 0 Å². The summed E-state index contributed by atoms with van der Waals surface area (Å²) >= 11 is 5.96. The minimum absolute atomic E-state index is 0.359. The molecule has 0 aliphatic carbocycles. The average molecular weight is 217 g/mol. The lowest BCUT2D eigenvalue weighted by Crippen LogP contribution is -2.26. The molecule has 3 nitrogen and oxygen atoms in total. The molecule has 1 rings (SSSR count). The number of nitrogens with zero attached hydrogens (tertiary/aromatic N) is 2. The van der Waals surface area contributed by atoms with E-state index in [1.807, 2.05) is 6.20 Å². The summed E-state index contributed by atoms with van der Waals surface area (Å²) in [5.41, 5.74) is 0.264. The molecule has 0 aliphatic heterocycles. The van der Waals surface area contributed by atoms with Gasteiger partial charge in [0.25, 0.3) is 0 Å². The molecule has 0 saturated carbocycles. The second-order valence-electron chi connectivity index (χ2n) is 4.54. The van der Waals surface area contributed by atoms with Crippen molar-refractivity contribution >= 4 is 11.6 Å². The van der Waals surface area contributed by atoms with Gasteiger partial charge in [-0.25, -0.2) is 0 Å². The first-order valence-corrected chi connectivity index (χ1v) is 5.12. The van der Waals surface area contributed by atoms with Crippen LogP contribution in [0, 0.1) is 0 Å². The van der Waals surface area contributed by atoms with E-state index in [2.05, 4.69) is 18.9 Å². The monoisotopic (exact) mass is 216 g/mol. The second kappa shape index (κ2) is 3.91. The SMILES string of the molecule is CC(C)c1cn(CC(C)(C)O)nc1Cl. The van der Waals surface area contributed by atoms with Gasteiger partial charge in [-0.2, -0.15) is 5.10 Å². The molecule has 0 fully saturated rings. The number of halogens is 1. The second-order valence-corrected chi connectivity index (χ2v) is 4.90. The third kappa shape index (κ3) is 3.00. The maximum atomic E-state index is 9.61. The predicted octanol–water partition coefficient (Wildman–Crippen LogP) is 2.43. The van der Waals surface area contributed by atoms with Gasteiger partial charge < -0.3 is 5.11 Å². The van der Waals surface area contributed by atoms with Crippen LogP contribution in [0.5, 0.6) is 0 Å². The molecule has 0 spiro atoms. The normalized spacial score (nSPS) is 12.5. The lowest BCUT2D eigenvalue weighted by Gasteiger charge is -2.16. The molecule has 0 amide bonds. The smallest absolute Gasteiger partial charge is 0.154 e. The Kier molecular flexibility index (Phi) is 3.22. The van der Waals surface area contributed by atoms with Crippen molar-refractivity contribution in [2.45, 2.75) is 45.8 Å². The van der Waals surface area contributed by atoms with Crippen molar-refractivity contribution in [3.05, 3.63) is 16.9 Å². The Bertz CT molecular complexity index is 312. The molecule has 1 heterocycles. The summed E-state index contributed by atoms with van der Waals surface area (Å²) in [6.07, 6.45) is 1.89. The largest absolute Gasteiger partial charge is 0.389 e. The van der Waals surface area contributed by atoms with Gasteiger partial charge in [-0.1, -0.05) is 25.4 Å².